The average Bonchev–Trinajstić information content (AvgIpc) is 2.61. The summed E-state index contributed by atoms with van der Waals surface area (Å²) in [6.07, 6.45) is 5.02. The quantitative estimate of drug-likeness (QED) is 0.795. The summed E-state index contributed by atoms with van der Waals surface area (Å²) < 4.78 is 10.7. The summed E-state index contributed by atoms with van der Waals surface area (Å²) in [5.41, 5.74) is 0.789. The molecule has 0 spiro atoms. The van der Waals surface area contributed by atoms with Gasteiger partial charge in [-0.25, -0.2) is 0 Å². The van der Waals surface area contributed by atoms with E-state index in [-0.39, 0.29) is 16.7 Å². The highest BCUT2D eigenvalue weighted by molar-refractivity contribution is 5.89. The number of benzene rings is 1. The monoisotopic (exact) mass is 346 g/mol. The number of methoxy groups -OCH3 is 2. The maximum absolute atomic E-state index is 13.1. The molecule has 1 heterocycles. The number of rotatable bonds is 7. The Morgan fingerprint density at radius 2 is 1.80 bits per heavy atom. The van der Waals surface area contributed by atoms with Gasteiger partial charge in [0.05, 0.1) is 19.1 Å². The van der Waals surface area contributed by atoms with Crippen molar-refractivity contribution in [3.63, 3.8) is 0 Å². The van der Waals surface area contributed by atoms with Gasteiger partial charge in [0.15, 0.2) is 0 Å². The van der Waals surface area contributed by atoms with Gasteiger partial charge in [0.2, 0.25) is 5.91 Å². The summed E-state index contributed by atoms with van der Waals surface area (Å²) in [6.45, 7) is 3.37. The number of piperidine rings is 1. The van der Waals surface area contributed by atoms with Crippen LogP contribution in [0.25, 0.3) is 0 Å². The van der Waals surface area contributed by atoms with Gasteiger partial charge in [0, 0.05) is 19.1 Å². The van der Waals surface area contributed by atoms with Crippen LogP contribution in [0.15, 0.2) is 24.3 Å². The van der Waals surface area contributed by atoms with E-state index in [2.05, 4.69) is 10.6 Å². The molecule has 0 aromatic heterocycles. The minimum absolute atomic E-state index is 0.0561. The van der Waals surface area contributed by atoms with Crippen molar-refractivity contribution in [1.29, 1.82) is 0 Å². The Hall–Kier alpha value is -1.59. The standard InChI is InChI=1S/C20H30N2O3/c1-24-15-19(10-12-21-13-11-19)14-22-18(23)20(8-3-9-20)16-4-6-17(25-2)7-5-16/h4-7,21H,3,8-15H2,1-2H3,(H,22,23). The van der Waals surface area contributed by atoms with E-state index in [1.165, 1.54) is 0 Å². The number of carbonyl (C=O) groups is 1. The van der Waals surface area contributed by atoms with Crippen molar-refractivity contribution < 1.29 is 14.3 Å². The highest BCUT2D eigenvalue weighted by Gasteiger charge is 2.46. The summed E-state index contributed by atoms with van der Waals surface area (Å²) in [5, 5.41) is 6.66. The fraction of sp³-hybridized carbons (Fsp3) is 0.650. The third-order valence-electron chi connectivity index (χ3n) is 6.02. The van der Waals surface area contributed by atoms with Crippen molar-refractivity contribution in [3.05, 3.63) is 29.8 Å². The number of ether oxygens (including phenoxy) is 2. The van der Waals surface area contributed by atoms with Gasteiger partial charge >= 0.3 is 0 Å². The van der Waals surface area contributed by atoms with Gasteiger partial charge in [-0.05, 0) is 56.5 Å². The molecule has 25 heavy (non-hydrogen) atoms. The van der Waals surface area contributed by atoms with Gasteiger partial charge in [-0.2, -0.15) is 0 Å². The van der Waals surface area contributed by atoms with Crippen molar-refractivity contribution in [2.45, 2.75) is 37.5 Å². The van der Waals surface area contributed by atoms with Gasteiger partial charge in [-0.3, -0.25) is 4.79 Å². The summed E-state index contributed by atoms with van der Waals surface area (Å²) in [4.78, 5) is 13.1. The Balaban J connectivity index is 1.69. The van der Waals surface area contributed by atoms with Crippen molar-refractivity contribution >= 4 is 5.91 Å². The highest BCUT2D eigenvalue weighted by Crippen LogP contribution is 2.44. The molecule has 3 rings (SSSR count). The molecule has 0 unspecified atom stereocenters. The SMILES string of the molecule is COCC1(CNC(=O)C2(c3ccc(OC)cc3)CCC2)CCNCC1. The molecule has 1 aliphatic heterocycles. The predicted octanol–water partition coefficient (Wildman–Crippen LogP) is 2.25. The molecule has 1 aromatic rings. The van der Waals surface area contributed by atoms with E-state index in [0.717, 1.165) is 56.5 Å². The molecular weight excluding hydrogens is 316 g/mol. The van der Waals surface area contributed by atoms with Crippen molar-refractivity contribution in [2.24, 2.45) is 5.41 Å². The molecule has 2 aliphatic rings. The van der Waals surface area contributed by atoms with Crippen LogP contribution < -0.4 is 15.4 Å². The number of hydrogen-bond donors (Lipinski definition) is 2. The molecule has 5 heteroatoms. The van der Waals surface area contributed by atoms with E-state index in [9.17, 15) is 4.79 Å². The summed E-state index contributed by atoms with van der Waals surface area (Å²) in [7, 11) is 3.41. The smallest absolute Gasteiger partial charge is 0.230 e. The first kappa shape index (κ1) is 18.2. The van der Waals surface area contributed by atoms with Gasteiger partial charge in [0.1, 0.15) is 5.75 Å². The number of hydrogen-bond acceptors (Lipinski definition) is 4. The van der Waals surface area contributed by atoms with Gasteiger partial charge in [-0.15, -0.1) is 0 Å². The van der Waals surface area contributed by atoms with E-state index in [1.54, 1.807) is 14.2 Å². The second-order valence-electron chi connectivity index (χ2n) is 7.53. The third-order valence-corrected chi connectivity index (χ3v) is 6.02. The minimum atomic E-state index is -0.368. The number of nitrogens with one attached hydrogen (secondary N) is 2. The Labute approximate surface area is 150 Å². The maximum atomic E-state index is 13.1. The molecule has 0 radical (unpaired) electrons. The number of carbonyl (C=O) groups excluding carboxylic acids is 1. The Morgan fingerprint density at radius 1 is 1.12 bits per heavy atom. The lowest BCUT2D eigenvalue weighted by Gasteiger charge is -2.43. The lowest BCUT2D eigenvalue weighted by molar-refractivity contribution is -0.130. The molecule has 2 N–H and O–H groups in total. The summed E-state index contributed by atoms with van der Waals surface area (Å²) in [6, 6.07) is 7.96. The van der Waals surface area contributed by atoms with Crippen LogP contribution in [0, 0.1) is 5.41 Å². The Kier molecular flexibility index (Phi) is 5.64. The van der Waals surface area contributed by atoms with Crippen LogP contribution in [-0.4, -0.2) is 46.4 Å². The molecule has 2 fully saturated rings. The minimum Gasteiger partial charge on any atom is -0.497 e. The average molecular weight is 346 g/mol. The zero-order valence-corrected chi connectivity index (χ0v) is 15.4. The van der Waals surface area contributed by atoms with Crippen LogP contribution >= 0.6 is 0 Å². The highest BCUT2D eigenvalue weighted by atomic mass is 16.5. The van der Waals surface area contributed by atoms with Gasteiger partial charge in [0.25, 0.3) is 0 Å². The Morgan fingerprint density at radius 3 is 2.32 bits per heavy atom. The second-order valence-corrected chi connectivity index (χ2v) is 7.53. The molecule has 138 valence electrons. The first-order chi connectivity index (χ1) is 12.1. The fourth-order valence-electron chi connectivity index (χ4n) is 4.16. The molecule has 0 bridgehead atoms. The molecule has 0 atom stereocenters. The van der Waals surface area contributed by atoms with Crippen LogP contribution in [0.4, 0.5) is 0 Å². The zero-order valence-electron chi connectivity index (χ0n) is 15.4. The van der Waals surface area contributed by atoms with Gasteiger partial charge in [-0.1, -0.05) is 18.6 Å². The molecule has 1 amide bonds. The maximum Gasteiger partial charge on any atom is 0.230 e. The molecule has 1 saturated carbocycles. The number of amides is 1. The van der Waals surface area contributed by atoms with Gasteiger partial charge < -0.3 is 20.1 Å². The normalized spacial score (nSPS) is 21.2. The second kappa shape index (κ2) is 7.75. The van der Waals surface area contributed by atoms with E-state index in [1.807, 2.05) is 24.3 Å². The van der Waals surface area contributed by atoms with E-state index in [4.69, 9.17) is 9.47 Å². The van der Waals surface area contributed by atoms with Crippen molar-refractivity contribution in [2.75, 3.05) is 40.5 Å². The predicted molar refractivity (Wildman–Crippen MR) is 97.9 cm³/mol. The van der Waals surface area contributed by atoms with Crippen LogP contribution in [0.1, 0.15) is 37.7 Å². The molecule has 5 nitrogen and oxygen atoms in total. The largest absolute Gasteiger partial charge is 0.497 e. The Bertz CT molecular complexity index is 570. The van der Waals surface area contributed by atoms with Crippen LogP contribution in [0.5, 0.6) is 5.75 Å². The van der Waals surface area contributed by atoms with E-state index in [0.29, 0.717) is 13.2 Å². The van der Waals surface area contributed by atoms with Crippen LogP contribution in [0.3, 0.4) is 0 Å². The lowest BCUT2D eigenvalue weighted by atomic mass is 9.63. The molecule has 1 saturated heterocycles. The lowest BCUT2D eigenvalue weighted by Crippen LogP contribution is -2.53. The summed E-state index contributed by atoms with van der Waals surface area (Å²) >= 11 is 0. The first-order valence-corrected chi connectivity index (χ1v) is 9.27. The topological polar surface area (TPSA) is 59.6 Å². The van der Waals surface area contributed by atoms with Crippen molar-refractivity contribution in [3.8, 4) is 5.75 Å². The molecule has 1 aromatic carbocycles. The summed E-state index contributed by atoms with van der Waals surface area (Å²) in [5.74, 6) is 0.991. The zero-order chi connectivity index (χ0) is 17.8. The van der Waals surface area contributed by atoms with E-state index < -0.39 is 0 Å². The third kappa shape index (κ3) is 3.67. The van der Waals surface area contributed by atoms with Crippen molar-refractivity contribution in [1.82, 2.24) is 10.6 Å². The first-order valence-electron chi connectivity index (χ1n) is 9.27. The van der Waals surface area contributed by atoms with Crippen LogP contribution in [-0.2, 0) is 14.9 Å². The fourth-order valence-corrected chi connectivity index (χ4v) is 4.16. The van der Waals surface area contributed by atoms with Crippen LogP contribution in [0.2, 0.25) is 0 Å². The molecular formula is C20H30N2O3. The van der Waals surface area contributed by atoms with E-state index >= 15 is 0 Å². The molecule has 1 aliphatic carbocycles.